The molecular weight excluding hydrogens is 128 g/mol. The molecule has 1 saturated carbocycles. The SMILES string of the molecule is Cc1ccoc1C1(O)CC1. The van der Waals surface area contributed by atoms with Crippen molar-refractivity contribution in [2.75, 3.05) is 0 Å². The lowest BCUT2D eigenvalue weighted by Crippen LogP contribution is -2.03. The topological polar surface area (TPSA) is 33.4 Å². The van der Waals surface area contributed by atoms with E-state index in [1.807, 2.05) is 13.0 Å². The standard InChI is InChI=1S/C8H10O2/c1-6-2-5-10-7(6)8(9)3-4-8/h2,5,9H,3-4H2,1H3. The van der Waals surface area contributed by atoms with Crippen LogP contribution in [0.5, 0.6) is 0 Å². The molecule has 0 radical (unpaired) electrons. The molecule has 2 heteroatoms. The molecule has 0 unspecified atom stereocenters. The van der Waals surface area contributed by atoms with Gasteiger partial charge in [-0.25, -0.2) is 0 Å². The summed E-state index contributed by atoms with van der Waals surface area (Å²) in [4.78, 5) is 0. The summed E-state index contributed by atoms with van der Waals surface area (Å²) in [6, 6.07) is 1.88. The van der Waals surface area contributed by atoms with Crippen LogP contribution < -0.4 is 0 Å². The Kier molecular flexibility index (Phi) is 0.980. The van der Waals surface area contributed by atoms with Crippen molar-refractivity contribution in [3.05, 3.63) is 23.7 Å². The van der Waals surface area contributed by atoms with Crippen LogP contribution in [-0.4, -0.2) is 5.11 Å². The second kappa shape index (κ2) is 1.64. The zero-order valence-corrected chi connectivity index (χ0v) is 5.92. The van der Waals surface area contributed by atoms with Crippen molar-refractivity contribution in [2.45, 2.75) is 25.4 Å². The summed E-state index contributed by atoms with van der Waals surface area (Å²) in [6.45, 7) is 1.95. The van der Waals surface area contributed by atoms with Gasteiger partial charge in [-0.1, -0.05) is 0 Å². The van der Waals surface area contributed by atoms with E-state index in [1.165, 1.54) is 0 Å². The zero-order chi connectivity index (χ0) is 7.19. The van der Waals surface area contributed by atoms with E-state index in [0.717, 1.165) is 24.2 Å². The summed E-state index contributed by atoms with van der Waals surface area (Å²) < 4.78 is 5.14. The highest BCUT2D eigenvalue weighted by Crippen LogP contribution is 2.46. The Morgan fingerprint density at radius 3 is 2.70 bits per heavy atom. The van der Waals surface area contributed by atoms with Gasteiger partial charge in [-0.3, -0.25) is 0 Å². The first-order chi connectivity index (χ1) is 4.72. The van der Waals surface area contributed by atoms with Crippen molar-refractivity contribution >= 4 is 0 Å². The Morgan fingerprint density at radius 2 is 2.30 bits per heavy atom. The minimum absolute atomic E-state index is 0.604. The van der Waals surface area contributed by atoms with Crippen LogP contribution in [0.1, 0.15) is 24.2 Å². The first kappa shape index (κ1) is 5.98. The summed E-state index contributed by atoms with van der Waals surface area (Å²) in [7, 11) is 0. The largest absolute Gasteiger partial charge is 0.466 e. The van der Waals surface area contributed by atoms with Gasteiger partial charge < -0.3 is 9.52 Å². The maximum Gasteiger partial charge on any atom is 0.138 e. The molecule has 1 heterocycles. The van der Waals surface area contributed by atoms with Crippen molar-refractivity contribution in [2.24, 2.45) is 0 Å². The van der Waals surface area contributed by atoms with Crippen LogP contribution in [0.25, 0.3) is 0 Å². The molecule has 1 N–H and O–H groups in total. The van der Waals surface area contributed by atoms with E-state index < -0.39 is 5.60 Å². The van der Waals surface area contributed by atoms with Gasteiger partial charge in [0.05, 0.1) is 6.26 Å². The second-order valence-electron chi connectivity index (χ2n) is 2.96. The molecule has 0 saturated heterocycles. The van der Waals surface area contributed by atoms with Crippen LogP contribution in [0.15, 0.2) is 16.7 Å². The van der Waals surface area contributed by atoms with Crippen LogP contribution in [0, 0.1) is 6.92 Å². The van der Waals surface area contributed by atoms with E-state index in [4.69, 9.17) is 4.42 Å². The van der Waals surface area contributed by atoms with Gasteiger partial charge in [0.2, 0.25) is 0 Å². The number of furan rings is 1. The number of hydrogen-bond donors (Lipinski definition) is 1. The van der Waals surface area contributed by atoms with Crippen LogP contribution in [0.2, 0.25) is 0 Å². The monoisotopic (exact) mass is 138 g/mol. The predicted molar refractivity (Wildman–Crippen MR) is 36.6 cm³/mol. The molecule has 2 rings (SSSR count). The quantitative estimate of drug-likeness (QED) is 0.639. The summed E-state index contributed by atoms with van der Waals surface area (Å²) in [5.41, 5.74) is 0.452. The molecule has 10 heavy (non-hydrogen) atoms. The van der Waals surface area contributed by atoms with Crippen LogP contribution >= 0.6 is 0 Å². The van der Waals surface area contributed by atoms with Crippen LogP contribution in [0.4, 0.5) is 0 Å². The molecule has 1 aliphatic carbocycles. The minimum atomic E-state index is -0.604. The highest BCUT2D eigenvalue weighted by atomic mass is 16.4. The van der Waals surface area contributed by atoms with Gasteiger partial charge in [0.15, 0.2) is 0 Å². The third kappa shape index (κ3) is 0.688. The number of rotatable bonds is 1. The molecule has 1 aliphatic rings. The van der Waals surface area contributed by atoms with Gasteiger partial charge in [-0.15, -0.1) is 0 Å². The summed E-state index contributed by atoms with van der Waals surface area (Å²) in [5.74, 6) is 0.757. The lowest BCUT2D eigenvalue weighted by molar-refractivity contribution is 0.122. The van der Waals surface area contributed by atoms with Gasteiger partial charge in [0.1, 0.15) is 11.4 Å². The maximum atomic E-state index is 9.58. The molecule has 1 aromatic heterocycles. The highest BCUT2D eigenvalue weighted by molar-refractivity contribution is 5.25. The third-order valence-corrected chi connectivity index (χ3v) is 2.01. The molecule has 0 bridgehead atoms. The first-order valence-electron chi connectivity index (χ1n) is 3.49. The molecule has 54 valence electrons. The Bertz CT molecular complexity index is 246. The Balaban J connectivity index is 2.42. The number of aliphatic hydroxyl groups is 1. The molecule has 1 fully saturated rings. The van der Waals surface area contributed by atoms with Crippen molar-refractivity contribution in [3.8, 4) is 0 Å². The van der Waals surface area contributed by atoms with E-state index >= 15 is 0 Å². The van der Waals surface area contributed by atoms with Gasteiger partial charge in [-0.2, -0.15) is 0 Å². The molecule has 0 atom stereocenters. The smallest absolute Gasteiger partial charge is 0.138 e. The molecule has 2 nitrogen and oxygen atoms in total. The average molecular weight is 138 g/mol. The number of aryl methyl sites for hydroxylation is 1. The summed E-state index contributed by atoms with van der Waals surface area (Å²) >= 11 is 0. The van der Waals surface area contributed by atoms with E-state index in [-0.39, 0.29) is 0 Å². The minimum Gasteiger partial charge on any atom is -0.466 e. The molecule has 0 spiro atoms. The predicted octanol–water partition coefficient (Wildman–Crippen LogP) is 1.57. The van der Waals surface area contributed by atoms with E-state index in [9.17, 15) is 5.11 Å². The Morgan fingerprint density at radius 1 is 1.60 bits per heavy atom. The molecule has 0 aromatic carbocycles. The van der Waals surface area contributed by atoms with E-state index in [1.54, 1.807) is 6.26 Å². The fraction of sp³-hybridized carbons (Fsp3) is 0.500. The lowest BCUT2D eigenvalue weighted by Gasteiger charge is -2.02. The van der Waals surface area contributed by atoms with Gasteiger partial charge in [0, 0.05) is 0 Å². The van der Waals surface area contributed by atoms with Crippen molar-refractivity contribution < 1.29 is 9.52 Å². The number of hydrogen-bond acceptors (Lipinski definition) is 2. The normalized spacial score (nSPS) is 21.0. The first-order valence-corrected chi connectivity index (χ1v) is 3.49. The molecule has 0 amide bonds. The van der Waals surface area contributed by atoms with Gasteiger partial charge in [0.25, 0.3) is 0 Å². The molecule has 0 aliphatic heterocycles. The summed E-state index contributed by atoms with van der Waals surface area (Å²) in [5, 5.41) is 9.58. The highest BCUT2D eigenvalue weighted by Gasteiger charge is 2.45. The lowest BCUT2D eigenvalue weighted by atomic mass is 10.2. The van der Waals surface area contributed by atoms with Crippen molar-refractivity contribution in [3.63, 3.8) is 0 Å². The van der Waals surface area contributed by atoms with E-state index in [0.29, 0.717) is 0 Å². The fourth-order valence-electron chi connectivity index (χ4n) is 1.19. The van der Waals surface area contributed by atoms with E-state index in [2.05, 4.69) is 0 Å². The Hall–Kier alpha value is -0.760. The molecular formula is C8H10O2. The van der Waals surface area contributed by atoms with Crippen LogP contribution in [-0.2, 0) is 5.60 Å². The fourth-order valence-corrected chi connectivity index (χ4v) is 1.19. The third-order valence-electron chi connectivity index (χ3n) is 2.01. The van der Waals surface area contributed by atoms with Crippen molar-refractivity contribution in [1.29, 1.82) is 0 Å². The zero-order valence-electron chi connectivity index (χ0n) is 5.92. The average Bonchev–Trinajstić information content (AvgIpc) is 2.44. The molecule has 1 aromatic rings. The van der Waals surface area contributed by atoms with Gasteiger partial charge in [-0.05, 0) is 31.4 Å². The Labute approximate surface area is 59.5 Å². The van der Waals surface area contributed by atoms with Crippen LogP contribution in [0.3, 0.4) is 0 Å². The second-order valence-corrected chi connectivity index (χ2v) is 2.96. The van der Waals surface area contributed by atoms with Gasteiger partial charge >= 0.3 is 0 Å². The maximum absolute atomic E-state index is 9.58. The van der Waals surface area contributed by atoms with Crippen molar-refractivity contribution in [1.82, 2.24) is 0 Å². The summed E-state index contributed by atoms with van der Waals surface area (Å²) in [6.07, 6.45) is 3.32.